The number of likely N-dealkylation sites (tertiary alicyclic amines) is 1. The average Bonchev–Trinajstić information content (AvgIpc) is 3.03. The van der Waals surface area contributed by atoms with Crippen LogP contribution in [0.15, 0.2) is 18.2 Å². The van der Waals surface area contributed by atoms with Crippen LogP contribution in [0.4, 0.5) is 0 Å². The fraction of sp³-hybridized carbons (Fsp3) is 0.429. The first-order valence-electron chi connectivity index (χ1n) is 6.25. The number of aryl methyl sites for hydroxylation is 1. The predicted octanol–water partition coefficient (Wildman–Crippen LogP) is 2.23. The smallest absolute Gasteiger partial charge is 0.328 e. The monoisotopic (exact) mass is 279 g/mol. The Kier molecular flexibility index (Phi) is 4.37. The van der Waals surface area contributed by atoms with Gasteiger partial charge in [-0.05, 0) is 38.0 Å². The summed E-state index contributed by atoms with van der Waals surface area (Å²) in [6.07, 6.45) is 4.86. The molecule has 1 aromatic heterocycles. The van der Waals surface area contributed by atoms with Crippen molar-refractivity contribution in [2.45, 2.75) is 25.8 Å². The predicted molar refractivity (Wildman–Crippen MR) is 74.8 cm³/mol. The van der Waals surface area contributed by atoms with E-state index in [0.717, 1.165) is 11.3 Å². The minimum Gasteiger partial charge on any atom is -0.467 e. The number of amides is 1. The van der Waals surface area contributed by atoms with E-state index in [0.29, 0.717) is 13.0 Å². The average molecular weight is 279 g/mol. The molecule has 0 aliphatic carbocycles. The van der Waals surface area contributed by atoms with E-state index in [9.17, 15) is 9.59 Å². The number of hydrogen-bond donors (Lipinski definition) is 0. The number of methoxy groups -OCH3 is 1. The van der Waals surface area contributed by atoms with Crippen molar-refractivity contribution in [3.8, 4) is 0 Å². The van der Waals surface area contributed by atoms with Gasteiger partial charge in [0.15, 0.2) is 0 Å². The van der Waals surface area contributed by atoms with Crippen molar-refractivity contribution in [1.82, 2.24) is 4.90 Å². The Bertz CT molecular complexity index is 507. The molecule has 0 saturated carbocycles. The molecule has 0 radical (unpaired) electrons. The van der Waals surface area contributed by atoms with Crippen molar-refractivity contribution in [2.24, 2.45) is 0 Å². The van der Waals surface area contributed by atoms with Gasteiger partial charge in [-0.15, -0.1) is 11.3 Å². The summed E-state index contributed by atoms with van der Waals surface area (Å²) >= 11 is 1.63. The van der Waals surface area contributed by atoms with Gasteiger partial charge in [0.2, 0.25) is 5.91 Å². The first-order valence-corrected chi connectivity index (χ1v) is 7.06. The highest BCUT2D eigenvalue weighted by molar-refractivity contribution is 7.12. The Balaban J connectivity index is 2.03. The van der Waals surface area contributed by atoms with E-state index in [1.807, 2.05) is 19.1 Å². The molecule has 2 rings (SSSR count). The van der Waals surface area contributed by atoms with Crippen LogP contribution in [0.1, 0.15) is 22.6 Å². The van der Waals surface area contributed by atoms with Gasteiger partial charge in [-0.25, -0.2) is 4.79 Å². The summed E-state index contributed by atoms with van der Waals surface area (Å²) in [6.45, 7) is 2.64. The van der Waals surface area contributed by atoms with E-state index in [4.69, 9.17) is 4.74 Å². The summed E-state index contributed by atoms with van der Waals surface area (Å²) in [5.74, 6) is -0.454. The molecule has 1 unspecified atom stereocenters. The largest absolute Gasteiger partial charge is 0.467 e. The lowest BCUT2D eigenvalue weighted by atomic mass is 10.2. The molecular formula is C14H17NO3S. The molecule has 1 atom stereocenters. The van der Waals surface area contributed by atoms with Crippen molar-refractivity contribution in [2.75, 3.05) is 13.7 Å². The van der Waals surface area contributed by atoms with Crippen LogP contribution in [0.2, 0.25) is 0 Å². The number of carbonyl (C=O) groups excluding carboxylic acids is 2. The van der Waals surface area contributed by atoms with E-state index < -0.39 is 6.04 Å². The third-order valence-corrected chi connectivity index (χ3v) is 4.13. The molecule has 0 bridgehead atoms. The van der Waals surface area contributed by atoms with Crippen LogP contribution >= 0.6 is 11.3 Å². The molecule has 1 saturated heterocycles. The second-order valence-corrected chi connectivity index (χ2v) is 5.81. The van der Waals surface area contributed by atoms with Gasteiger partial charge in [-0.3, -0.25) is 4.79 Å². The van der Waals surface area contributed by atoms with Gasteiger partial charge in [0.1, 0.15) is 6.04 Å². The van der Waals surface area contributed by atoms with E-state index in [-0.39, 0.29) is 11.9 Å². The van der Waals surface area contributed by atoms with Crippen molar-refractivity contribution in [3.63, 3.8) is 0 Å². The summed E-state index contributed by atoms with van der Waals surface area (Å²) in [4.78, 5) is 27.5. The van der Waals surface area contributed by atoms with Crippen LogP contribution in [0.25, 0.3) is 6.08 Å². The van der Waals surface area contributed by atoms with Crippen molar-refractivity contribution < 1.29 is 14.3 Å². The third kappa shape index (κ3) is 3.23. The van der Waals surface area contributed by atoms with Gasteiger partial charge >= 0.3 is 5.97 Å². The lowest BCUT2D eigenvalue weighted by Gasteiger charge is -2.20. The molecule has 2 heterocycles. The molecule has 1 aliphatic heterocycles. The summed E-state index contributed by atoms with van der Waals surface area (Å²) < 4.78 is 4.73. The molecule has 1 aromatic rings. The molecule has 1 aliphatic rings. The lowest BCUT2D eigenvalue weighted by Crippen LogP contribution is -2.40. The van der Waals surface area contributed by atoms with Gasteiger partial charge in [-0.2, -0.15) is 0 Å². The van der Waals surface area contributed by atoms with Gasteiger partial charge in [0.05, 0.1) is 7.11 Å². The standard InChI is InChI=1S/C14H17NO3S/c1-10-5-6-11(19-10)7-8-13(16)15-9-3-4-12(15)14(17)18-2/h5-8,12H,3-4,9H2,1-2H3/b8-7+. The minimum absolute atomic E-state index is 0.126. The summed E-state index contributed by atoms with van der Waals surface area (Å²) in [5, 5.41) is 0. The second kappa shape index (κ2) is 6.02. The maximum absolute atomic E-state index is 12.1. The zero-order chi connectivity index (χ0) is 13.8. The molecule has 1 fully saturated rings. The first kappa shape index (κ1) is 13.8. The molecule has 5 heteroatoms. The lowest BCUT2D eigenvalue weighted by molar-refractivity contribution is -0.149. The minimum atomic E-state index is -0.424. The van der Waals surface area contributed by atoms with Crippen molar-refractivity contribution in [1.29, 1.82) is 0 Å². The fourth-order valence-corrected chi connectivity index (χ4v) is 2.98. The molecule has 0 N–H and O–H groups in total. The summed E-state index contributed by atoms with van der Waals surface area (Å²) in [7, 11) is 1.35. The van der Waals surface area contributed by atoms with E-state index in [1.165, 1.54) is 18.1 Å². The van der Waals surface area contributed by atoms with E-state index in [1.54, 1.807) is 22.3 Å². The summed E-state index contributed by atoms with van der Waals surface area (Å²) in [5.41, 5.74) is 0. The van der Waals surface area contributed by atoms with Gasteiger partial charge in [0.25, 0.3) is 0 Å². The number of nitrogens with zero attached hydrogens (tertiary/aromatic N) is 1. The molecule has 102 valence electrons. The molecule has 4 nitrogen and oxygen atoms in total. The molecule has 19 heavy (non-hydrogen) atoms. The highest BCUT2D eigenvalue weighted by atomic mass is 32.1. The van der Waals surface area contributed by atoms with Crippen LogP contribution in [0.5, 0.6) is 0 Å². The SMILES string of the molecule is COC(=O)C1CCCN1C(=O)/C=C/c1ccc(C)s1. The quantitative estimate of drug-likeness (QED) is 0.629. The fourth-order valence-electron chi connectivity index (χ4n) is 2.20. The van der Waals surface area contributed by atoms with Crippen LogP contribution in [0, 0.1) is 6.92 Å². The number of ether oxygens (including phenoxy) is 1. The number of thiophene rings is 1. The van der Waals surface area contributed by atoms with Gasteiger partial charge < -0.3 is 9.64 Å². The van der Waals surface area contributed by atoms with Crippen LogP contribution in [-0.4, -0.2) is 36.5 Å². The Morgan fingerprint density at radius 1 is 1.47 bits per heavy atom. The third-order valence-electron chi connectivity index (χ3n) is 3.16. The zero-order valence-electron chi connectivity index (χ0n) is 11.1. The molecular weight excluding hydrogens is 262 g/mol. The maximum atomic E-state index is 12.1. The van der Waals surface area contributed by atoms with Gasteiger partial charge in [-0.1, -0.05) is 0 Å². The highest BCUT2D eigenvalue weighted by Gasteiger charge is 2.33. The number of rotatable bonds is 3. The van der Waals surface area contributed by atoms with E-state index in [2.05, 4.69) is 0 Å². The Hall–Kier alpha value is -1.62. The zero-order valence-corrected chi connectivity index (χ0v) is 11.9. The molecule has 0 aromatic carbocycles. The Morgan fingerprint density at radius 2 is 2.26 bits per heavy atom. The molecule has 0 spiro atoms. The molecule has 1 amide bonds. The maximum Gasteiger partial charge on any atom is 0.328 e. The van der Waals surface area contributed by atoms with Gasteiger partial charge in [0, 0.05) is 22.4 Å². The first-order chi connectivity index (χ1) is 9.11. The normalized spacial score (nSPS) is 19.1. The highest BCUT2D eigenvalue weighted by Crippen LogP contribution is 2.20. The topological polar surface area (TPSA) is 46.6 Å². The van der Waals surface area contributed by atoms with Crippen LogP contribution in [0.3, 0.4) is 0 Å². The summed E-state index contributed by atoms with van der Waals surface area (Å²) in [6, 6.07) is 3.57. The van der Waals surface area contributed by atoms with E-state index >= 15 is 0 Å². The van der Waals surface area contributed by atoms with Crippen LogP contribution in [-0.2, 0) is 14.3 Å². The number of carbonyl (C=O) groups is 2. The Morgan fingerprint density at radius 3 is 2.89 bits per heavy atom. The number of hydrogen-bond acceptors (Lipinski definition) is 4. The van der Waals surface area contributed by atoms with Crippen molar-refractivity contribution in [3.05, 3.63) is 28.0 Å². The van der Waals surface area contributed by atoms with Crippen molar-refractivity contribution >= 4 is 29.3 Å². The number of esters is 1. The Labute approximate surface area is 116 Å². The van der Waals surface area contributed by atoms with Crippen LogP contribution < -0.4 is 0 Å². The second-order valence-electron chi connectivity index (χ2n) is 4.49.